The molecule has 1 aliphatic heterocycles. The van der Waals surface area contributed by atoms with E-state index in [1.807, 2.05) is 0 Å². The van der Waals surface area contributed by atoms with E-state index in [2.05, 4.69) is 27.9 Å². The number of amides is 1. The third-order valence-electron chi connectivity index (χ3n) is 3.96. The Morgan fingerprint density at radius 2 is 2.21 bits per heavy atom. The van der Waals surface area contributed by atoms with Crippen LogP contribution in [-0.4, -0.2) is 26.9 Å². The first-order valence-corrected chi connectivity index (χ1v) is 6.03. The number of carbonyl (C=O) groups excluding carboxylic acids is 1. The molecule has 3 aliphatic rings. The molecule has 2 bridgehead atoms. The Kier molecular flexibility index (Phi) is 1.67. The number of fused-ring (bicyclic) bond motifs is 1. The summed E-state index contributed by atoms with van der Waals surface area (Å²) >= 11 is 2.29. The highest BCUT2D eigenvalue weighted by molar-refractivity contribution is 14.1. The minimum Gasteiger partial charge on any atom is -0.481 e. The Balaban J connectivity index is 2.04. The van der Waals surface area contributed by atoms with E-state index in [-0.39, 0.29) is 29.7 Å². The fourth-order valence-electron chi connectivity index (χ4n) is 3.48. The number of carbonyl (C=O) groups is 2. The predicted octanol–water partition coefficient (Wildman–Crippen LogP) is 0.255. The summed E-state index contributed by atoms with van der Waals surface area (Å²) in [6, 6.07) is 0.244. The van der Waals surface area contributed by atoms with Gasteiger partial charge in [-0.05, 0) is 18.3 Å². The van der Waals surface area contributed by atoms with Gasteiger partial charge in [0.2, 0.25) is 5.91 Å². The molecule has 2 saturated carbocycles. The molecule has 0 aromatic rings. The minimum atomic E-state index is -0.792. The summed E-state index contributed by atoms with van der Waals surface area (Å²) in [5.74, 6) is -1.01. The highest BCUT2D eigenvalue weighted by atomic mass is 127. The van der Waals surface area contributed by atoms with E-state index in [4.69, 9.17) is 5.11 Å². The number of aliphatic carboxylic acids is 1. The Labute approximate surface area is 94.6 Å². The normalized spacial score (nSPS) is 53.6. The first-order valence-electron chi connectivity index (χ1n) is 4.78. The molecule has 5 heteroatoms. The molecular formula is C9H10INO3. The van der Waals surface area contributed by atoms with E-state index in [0.717, 1.165) is 6.42 Å². The summed E-state index contributed by atoms with van der Waals surface area (Å²) < 4.78 is 0.307. The van der Waals surface area contributed by atoms with Crippen molar-refractivity contribution in [3.8, 4) is 0 Å². The fraction of sp³-hybridized carbons (Fsp3) is 0.778. The van der Waals surface area contributed by atoms with Crippen LogP contribution in [0, 0.1) is 23.7 Å². The maximum Gasteiger partial charge on any atom is 0.307 e. The fourth-order valence-corrected chi connectivity index (χ4v) is 4.94. The minimum absolute atomic E-state index is 0.0333. The SMILES string of the molecule is O=C(O)[C@@H]1[C@H]2C(=O)N[C@H]3C(I)[C@@H]1C[C@@H]23. The number of hydrogen-bond acceptors (Lipinski definition) is 2. The summed E-state index contributed by atoms with van der Waals surface area (Å²) in [6.45, 7) is 0. The molecule has 2 N–H and O–H groups in total. The van der Waals surface area contributed by atoms with Crippen LogP contribution in [0.4, 0.5) is 0 Å². The largest absolute Gasteiger partial charge is 0.481 e. The van der Waals surface area contributed by atoms with Crippen molar-refractivity contribution in [1.29, 1.82) is 0 Å². The van der Waals surface area contributed by atoms with Crippen LogP contribution in [0.5, 0.6) is 0 Å². The van der Waals surface area contributed by atoms with E-state index in [9.17, 15) is 9.59 Å². The Morgan fingerprint density at radius 3 is 2.86 bits per heavy atom. The lowest BCUT2D eigenvalue weighted by Crippen LogP contribution is -2.39. The smallest absolute Gasteiger partial charge is 0.307 e. The molecule has 2 aliphatic carbocycles. The number of nitrogens with one attached hydrogen (secondary N) is 1. The van der Waals surface area contributed by atoms with Gasteiger partial charge in [-0.15, -0.1) is 0 Å². The lowest BCUT2D eigenvalue weighted by atomic mass is 9.80. The van der Waals surface area contributed by atoms with Crippen LogP contribution in [0.2, 0.25) is 0 Å². The van der Waals surface area contributed by atoms with Crippen molar-refractivity contribution in [2.75, 3.05) is 0 Å². The van der Waals surface area contributed by atoms with Gasteiger partial charge in [0.25, 0.3) is 0 Å². The van der Waals surface area contributed by atoms with Crippen LogP contribution in [0.1, 0.15) is 6.42 Å². The molecule has 14 heavy (non-hydrogen) atoms. The molecule has 0 radical (unpaired) electrons. The zero-order valence-electron chi connectivity index (χ0n) is 7.31. The molecule has 3 rings (SSSR count). The Bertz CT molecular complexity index is 332. The number of rotatable bonds is 1. The molecular weight excluding hydrogens is 297 g/mol. The summed E-state index contributed by atoms with van der Waals surface area (Å²) in [6.07, 6.45) is 0.915. The van der Waals surface area contributed by atoms with E-state index in [0.29, 0.717) is 3.92 Å². The molecule has 0 spiro atoms. The summed E-state index contributed by atoms with van der Waals surface area (Å²) in [7, 11) is 0. The first kappa shape index (κ1) is 8.94. The van der Waals surface area contributed by atoms with Gasteiger partial charge in [0.1, 0.15) is 0 Å². The average molecular weight is 307 g/mol. The van der Waals surface area contributed by atoms with Crippen LogP contribution in [0.15, 0.2) is 0 Å². The maximum absolute atomic E-state index is 11.6. The number of carboxylic acid groups (broad SMARTS) is 1. The third-order valence-corrected chi connectivity index (χ3v) is 5.66. The standard InChI is InChI=1S/C9H10INO3/c10-6-2-1-3-4(5(2)9(13)14)8(12)11-7(3)6/h2-7H,1H2,(H,11,12)(H,13,14)/t2-,3+,4+,5+,6?,7-/m1/s1. The van der Waals surface area contributed by atoms with E-state index < -0.39 is 11.9 Å². The molecule has 0 aromatic carbocycles. The van der Waals surface area contributed by atoms with E-state index in [1.165, 1.54) is 0 Å². The second kappa shape index (κ2) is 2.62. The summed E-state index contributed by atoms with van der Waals surface area (Å²) in [5, 5.41) is 12.0. The van der Waals surface area contributed by atoms with Crippen molar-refractivity contribution in [2.45, 2.75) is 16.4 Å². The topological polar surface area (TPSA) is 66.4 Å². The van der Waals surface area contributed by atoms with Crippen LogP contribution in [0.25, 0.3) is 0 Å². The van der Waals surface area contributed by atoms with Gasteiger partial charge in [0.05, 0.1) is 11.8 Å². The van der Waals surface area contributed by atoms with Gasteiger partial charge in [0, 0.05) is 9.97 Å². The van der Waals surface area contributed by atoms with Crippen molar-refractivity contribution in [3.05, 3.63) is 0 Å². The van der Waals surface area contributed by atoms with E-state index in [1.54, 1.807) is 0 Å². The van der Waals surface area contributed by atoms with Crippen molar-refractivity contribution in [2.24, 2.45) is 23.7 Å². The second-order valence-corrected chi connectivity index (χ2v) is 5.87. The second-order valence-electron chi connectivity index (χ2n) is 4.43. The Morgan fingerprint density at radius 1 is 1.50 bits per heavy atom. The monoisotopic (exact) mass is 307 g/mol. The van der Waals surface area contributed by atoms with Crippen molar-refractivity contribution < 1.29 is 14.7 Å². The maximum atomic E-state index is 11.6. The first-order chi connectivity index (χ1) is 6.61. The van der Waals surface area contributed by atoms with E-state index >= 15 is 0 Å². The molecule has 3 fully saturated rings. The number of halogens is 1. The van der Waals surface area contributed by atoms with Gasteiger partial charge < -0.3 is 10.4 Å². The average Bonchev–Trinajstić information content (AvgIpc) is 2.67. The van der Waals surface area contributed by atoms with Gasteiger partial charge in [-0.2, -0.15) is 0 Å². The number of alkyl halides is 1. The highest BCUT2D eigenvalue weighted by Crippen LogP contribution is 2.57. The predicted molar refractivity (Wildman–Crippen MR) is 56.0 cm³/mol. The molecule has 1 amide bonds. The number of carboxylic acids is 1. The van der Waals surface area contributed by atoms with Crippen LogP contribution < -0.4 is 5.32 Å². The van der Waals surface area contributed by atoms with Gasteiger partial charge in [-0.1, -0.05) is 22.6 Å². The molecule has 1 unspecified atom stereocenters. The lowest BCUT2D eigenvalue weighted by molar-refractivity contribution is -0.147. The van der Waals surface area contributed by atoms with Crippen LogP contribution >= 0.6 is 22.6 Å². The zero-order chi connectivity index (χ0) is 10.0. The number of hydrogen-bond donors (Lipinski definition) is 2. The van der Waals surface area contributed by atoms with Gasteiger partial charge in [-0.3, -0.25) is 9.59 Å². The van der Waals surface area contributed by atoms with Gasteiger partial charge in [-0.25, -0.2) is 0 Å². The van der Waals surface area contributed by atoms with Crippen molar-refractivity contribution in [1.82, 2.24) is 5.32 Å². The summed E-state index contributed by atoms with van der Waals surface area (Å²) in [4.78, 5) is 22.7. The van der Waals surface area contributed by atoms with Crippen LogP contribution in [0.3, 0.4) is 0 Å². The molecule has 6 atom stereocenters. The third kappa shape index (κ3) is 0.844. The molecule has 0 aromatic heterocycles. The van der Waals surface area contributed by atoms with Crippen LogP contribution in [-0.2, 0) is 9.59 Å². The quantitative estimate of drug-likeness (QED) is 0.539. The van der Waals surface area contributed by atoms with Crippen molar-refractivity contribution in [3.63, 3.8) is 0 Å². The van der Waals surface area contributed by atoms with Gasteiger partial charge >= 0.3 is 5.97 Å². The molecule has 1 heterocycles. The van der Waals surface area contributed by atoms with Gasteiger partial charge in [0.15, 0.2) is 0 Å². The molecule has 1 saturated heterocycles. The zero-order valence-corrected chi connectivity index (χ0v) is 9.47. The lowest BCUT2D eigenvalue weighted by Gasteiger charge is -2.26. The molecule has 4 nitrogen and oxygen atoms in total. The summed E-state index contributed by atoms with van der Waals surface area (Å²) in [5.41, 5.74) is 0. The Hall–Kier alpha value is -0.330. The highest BCUT2D eigenvalue weighted by Gasteiger charge is 2.66. The molecule has 76 valence electrons. The van der Waals surface area contributed by atoms with Crippen molar-refractivity contribution >= 4 is 34.5 Å².